The number of hydrogen-bond donors (Lipinski definition) is 2. The largest absolute Gasteiger partial charge is 0.468 e. The van der Waals surface area contributed by atoms with Gasteiger partial charge in [0.05, 0.1) is 18.4 Å². The zero-order valence-electron chi connectivity index (χ0n) is 12.0. The maximum atomic E-state index is 10.1. The summed E-state index contributed by atoms with van der Waals surface area (Å²) in [6, 6.07) is 13.7. The number of furan rings is 1. The van der Waals surface area contributed by atoms with Crippen molar-refractivity contribution in [2.75, 3.05) is 27.2 Å². The monoisotopic (exact) mass is 274 g/mol. The minimum absolute atomic E-state index is 0.160. The number of likely N-dealkylation sites (N-methyl/N-ethyl adjacent to an activating group) is 1. The number of benzene rings is 1. The van der Waals surface area contributed by atoms with Gasteiger partial charge in [0.2, 0.25) is 0 Å². The Kier molecular flexibility index (Phi) is 5.35. The Balaban J connectivity index is 1.85. The summed E-state index contributed by atoms with van der Waals surface area (Å²) in [5.74, 6) is 0.928. The molecule has 2 atom stereocenters. The van der Waals surface area contributed by atoms with Crippen LogP contribution in [0.3, 0.4) is 0 Å². The molecule has 0 saturated heterocycles. The molecule has 1 heterocycles. The third-order valence-corrected chi connectivity index (χ3v) is 3.35. The first kappa shape index (κ1) is 14.8. The van der Waals surface area contributed by atoms with Gasteiger partial charge in [-0.25, -0.2) is 0 Å². The molecule has 0 radical (unpaired) electrons. The van der Waals surface area contributed by atoms with Crippen LogP contribution in [0.1, 0.15) is 23.5 Å². The Morgan fingerprint density at radius 1 is 1.10 bits per heavy atom. The third-order valence-electron chi connectivity index (χ3n) is 3.35. The molecule has 1 aromatic heterocycles. The van der Waals surface area contributed by atoms with Crippen LogP contribution in [0.25, 0.3) is 0 Å². The van der Waals surface area contributed by atoms with E-state index in [9.17, 15) is 5.11 Å². The lowest BCUT2D eigenvalue weighted by Gasteiger charge is -2.23. The molecule has 0 aliphatic heterocycles. The van der Waals surface area contributed by atoms with Crippen molar-refractivity contribution in [3.8, 4) is 0 Å². The van der Waals surface area contributed by atoms with E-state index in [0.29, 0.717) is 6.54 Å². The van der Waals surface area contributed by atoms with Crippen LogP contribution in [-0.2, 0) is 0 Å². The Hall–Kier alpha value is -1.62. The van der Waals surface area contributed by atoms with Crippen molar-refractivity contribution in [3.05, 3.63) is 60.1 Å². The minimum atomic E-state index is -0.490. The predicted octanol–water partition coefficient (Wildman–Crippen LogP) is 2.21. The first-order valence-corrected chi connectivity index (χ1v) is 6.82. The summed E-state index contributed by atoms with van der Waals surface area (Å²) in [6.07, 6.45) is 1.19. The van der Waals surface area contributed by atoms with Crippen molar-refractivity contribution in [2.24, 2.45) is 0 Å². The Morgan fingerprint density at radius 2 is 1.85 bits per heavy atom. The molecule has 0 fully saturated rings. The molecule has 0 spiro atoms. The standard InChI is InChI=1S/C16H22N2O2/c1-18(2)14(16-9-6-10-20-16)11-17-12-15(19)13-7-4-3-5-8-13/h3-10,14-15,17,19H,11-12H2,1-2H3/t14-,15+/m1/s1. The van der Waals surface area contributed by atoms with Crippen LogP contribution < -0.4 is 5.32 Å². The van der Waals surface area contributed by atoms with Crippen molar-refractivity contribution in [1.82, 2.24) is 10.2 Å². The second-order valence-corrected chi connectivity index (χ2v) is 5.08. The number of hydrogen-bond acceptors (Lipinski definition) is 4. The fraction of sp³-hybridized carbons (Fsp3) is 0.375. The average molecular weight is 274 g/mol. The highest BCUT2D eigenvalue weighted by Crippen LogP contribution is 2.18. The molecule has 0 aliphatic carbocycles. The Labute approximate surface area is 120 Å². The second-order valence-electron chi connectivity index (χ2n) is 5.08. The molecule has 0 unspecified atom stereocenters. The second kappa shape index (κ2) is 7.24. The van der Waals surface area contributed by atoms with E-state index in [-0.39, 0.29) is 6.04 Å². The number of aliphatic hydroxyl groups excluding tert-OH is 1. The summed E-state index contributed by atoms with van der Waals surface area (Å²) < 4.78 is 5.45. The third kappa shape index (κ3) is 3.93. The molecule has 108 valence electrons. The Morgan fingerprint density at radius 3 is 2.45 bits per heavy atom. The van der Waals surface area contributed by atoms with E-state index in [0.717, 1.165) is 17.9 Å². The highest BCUT2D eigenvalue weighted by atomic mass is 16.3. The summed E-state index contributed by atoms with van der Waals surface area (Å²) in [5, 5.41) is 13.4. The summed E-state index contributed by atoms with van der Waals surface area (Å²) in [4.78, 5) is 2.10. The summed E-state index contributed by atoms with van der Waals surface area (Å²) >= 11 is 0. The molecule has 0 aliphatic rings. The van der Waals surface area contributed by atoms with E-state index >= 15 is 0 Å². The molecule has 20 heavy (non-hydrogen) atoms. The molecule has 0 saturated carbocycles. The fourth-order valence-electron chi connectivity index (χ4n) is 2.17. The predicted molar refractivity (Wildman–Crippen MR) is 79.4 cm³/mol. The first-order valence-electron chi connectivity index (χ1n) is 6.82. The van der Waals surface area contributed by atoms with E-state index in [1.165, 1.54) is 0 Å². The maximum absolute atomic E-state index is 10.1. The smallest absolute Gasteiger partial charge is 0.122 e. The normalized spacial score (nSPS) is 14.4. The minimum Gasteiger partial charge on any atom is -0.468 e. The molecule has 1 aromatic carbocycles. The van der Waals surface area contributed by atoms with Gasteiger partial charge in [-0.05, 0) is 31.8 Å². The number of rotatable bonds is 7. The van der Waals surface area contributed by atoms with Gasteiger partial charge in [0.15, 0.2) is 0 Å². The van der Waals surface area contributed by atoms with Crippen LogP contribution in [-0.4, -0.2) is 37.2 Å². The molecule has 2 N–H and O–H groups in total. The highest BCUT2D eigenvalue weighted by Gasteiger charge is 2.17. The van der Waals surface area contributed by atoms with Crippen LogP contribution >= 0.6 is 0 Å². The lowest BCUT2D eigenvalue weighted by molar-refractivity contribution is 0.166. The summed E-state index contributed by atoms with van der Waals surface area (Å²) in [5.41, 5.74) is 0.930. The molecular formula is C16H22N2O2. The van der Waals surface area contributed by atoms with Gasteiger partial charge in [0.25, 0.3) is 0 Å². The van der Waals surface area contributed by atoms with Crippen LogP contribution in [0.5, 0.6) is 0 Å². The van der Waals surface area contributed by atoms with E-state index in [1.54, 1.807) is 6.26 Å². The van der Waals surface area contributed by atoms with E-state index < -0.39 is 6.10 Å². The van der Waals surface area contributed by atoms with Crippen LogP contribution in [0.4, 0.5) is 0 Å². The highest BCUT2D eigenvalue weighted by molar-refractivity contribution is 5.17. The van der Waals surface area contributed by atoms with Gasteiger partial charge in [0, 0.05) is 13.1 Å². The topological polar surface area (TPSA) is 48.6 Å². The van der Waals surface area contributed by atoms with Gasteiger partial charge < -0.3 is 14.8 Å². The zero-order valence-corrected chi connectivity index (χ0v) is 12.0. The fourth-order valence-corrected chi connectivity index (χ4v) is 2.17. The lowest BCUT2D eigenvalue weighted by Crippen LogP contribution is -2.33. The van der Waals surface area contributed by atoms with Gasteiger partial charge in [-0.15, -0.1) is 0 Å². The molecular weight excluding hydrogens is 252 g/mol. The van der Waals surface area contributed by atoms with Gasteiger partial charge in [-0.3, -0.25) is 4.90 Å². The summed E-state index contributed by atoms with van der Waals surface area (Å²) in [6.45, 7) is 1.25. The van der Waals surface area contributed by atoms with Crippen molar-refractivity contribution >= 4 is 0 Å². The van der Waals surface area contributed by atoms with Crippen LogP contribution in [0.2, 0.25) is 0 Å². The van der Waals surface area contributed by atoms with E-state index in [2.05, 4.69) is 10.2 Å². The molecule has 0 amide bonds. The van der Waals surface area contributed by atoms with Crippen molar-refractivity contribution in [2.45, 2.75) is 12.1 Å². The van der Waals surface area contributed by atoms with E-state index in [1.807, 2.05) is 56.6 Å². The van der Waals surface area contributed by atoms with Crippen molar-refractivity contribution < 1.29 is 9.52 Å². The van der Waals surface area contributed by atoms with Gasteiger partial charge in [-0.1, -0.05) is 30.3 Å². The van der Waals surface area contributed by atoms with Gasteiger partial charge in [0.1, 0.15) is 5.76 Å². The Bertz CT molecular complexity index is 482. The van der Waals surface area contributed by atoms with Crippen molar-refractivity contribution in [3.63, 3.8) is 0 Å². The maximum Gasteiger partial charge on any atom is 0.122 e. The lowest BCUT2D eigenvalue weighted by atomic mass is 10.1. The number of nitrogens with zero attached hydrogens (tertiary/aromatic N) is 1. The zero-order chi connectivity index (χ0) is 14.4. The number of nitrogens with one attached hydrogen (secondary N) is 1. The molecule has 4 heteroatoms. The first-order chi connectivity index (χ1) is 9.68. The average Bonchev–Trinajstić information content (AvgIpc) is 2.97. The molecule has 4 nitrogen and oxygen atoms in total. The summed E-state index contributed by atoms with van der Waals surface area (Å²) in [7, 11) is 4.03. The van der Waals surface area contributed by atoms with Gasteiger partial charge >= 0.3 is 0 Å². The molecule has 2 rings (SSSR count). The molecule has 0 bridgehead atoms. The van der Waals surface area contributed by atoms with Crippen LogP contribution in [0.15, 0.2) is 53.1 Å². The quantitative estimate of drug-likeness (QED) is 0.812. The SMILES string of the molecule is CN(C)[C@H](CNC[C@H](O)c1ccccc1)c1ccco1. The molecule has 2 aromatic rings. The van der Waals surface area contributed by atoms with Crippen molar-refractivity contribution in [1.29, 1.82) is 0 Å². The van der Waals surface area contributed by atoms with Crippen LogP contribution in [0, 0.1) is 0 Å². The van der Waals surface area contributed by atoms with Gasteiger partial charge in [-0.2, -0.15) is 0 Å². The van der Waals surface area contributed by atoms with E-state index in [4.69, 9.17) is 4.42 Å². The number of aliphatic hydroxyl groups is 1.